The van der Waals surface area contributed by atoms with Crippen molar-refractivity contribution in [3.05, 3.63) is 11.6 Å². The molecule has 2 aliphatic rings. The van der Waals surface area contributed by atoms with Gasteiger partial charge in [-0.25, -0.2) is 0 Å². The highest BCUT2D eigenvalue weighted by Gasteiger charge is 2.36. The van der Waals surface area contributed by atoms with E-state index in [0.29, 0.717) is 6.61 Å². The van der Waals surface area contributed by atoms with E-state index in [4.69, 9.17) is 4.74 Å². The third-order valence-electron chi connectivity index (χ3n) is 3.68. The number of ether oxygens (including phenoxy) is 1. The van der Waals surface area contributed by atoms with Crippen LogP contribution in [0.2, 0.25) is 0 Å². The van der Waals surface area contributed by atoms with Crippen LogP contribution < -0.4 is 0 Å². The molecule has 1 saturated heterocycles. The molecule has 0 aromatic heterocycles. The predicted molar refractivity (Wildman–Crippen MR) is 60.8 cm³/mol. The first kappa shape index (κ1) is 11.2. The number of aliphatic hydroxyl groups is 1. The van der Waals surface area contributed by atoms with E-state index in [-0.39, 0.29) is 6.10 Å². The molecular weight excluding hydrogens is 188 g/mol. The second-order valence-corrected chi connectivity index (χ2v) is 5.00. The van der Waals surface area contributed by atoms with E-state index in [1.807, 2.05) is 0 Å². The van der Waals surface area contributed by atoms with Gasteiger partial charge in [0.2, 0.25) is 0 Å². The first-order chi connectivity index (χ1) is 7.21. The van der Waals surface area contributed by atoms with Crippen LogP contribution in [0.25, 0.3) is 0 Å². The molecule has 1 heterocycles. The van der Waals surface area contributed by atoms with Crippen LogP contribution in [-0.2, 0) is 4.74 Å². The van der Waals surface area contributed by atoms with Gasteiger partial charge in [0, 0.05) is 19.4 Å². The second kappa shape index (κ2) is 4.67. The van der Waals surface area contributed by atoms with Crippen molar-refractivity contribution in [2.75, 3.05) is 6.61 Å². The lowest BCUT2D eigenvalue weighted by molar-refractivity contribution is -0.0784. The molecule has 2 heteroatoms. The van der Waals surface area contributed by atoms with Crippen LogP contribution in [0.3, 0.4) is 0 Å². The highest BCUT2D eigenvalue weighted by atomic mass is 16.5. The molecule has 1 N–H and O–H groups in total. The molecule has 0 bridgehead atoms. The van der Waals surface area contributed by atoms with Crippen LogP contribution in [0.15, 0.2) is 11.6 Å². The minimum absolute atomic E-state index is 0.202. The topological polar surface area (TPSA) is 29.5 Å². The van der Waals surface area contributed by atoms with E-state index in [2.05, 4.69) is 13.0 Å². The van der Waals surface area contributed by atoms with Gasteiger partial charge in [0.15, 0.2) is 0 Å². The number of rotatable bonds is 1. The van der Waals surface area contributed by atoms with Gasteiger partial charge in [-0.1, -0.05) is 12.5 Å². The maximum absolute atomic E-state index is 10.6. The summed E-state index contributed by atoms with van der Waals surface area (Å²) >= 11 is 0. The Balaban J connectivity index is 2.08. The Morgan fingerprint density at radius 2 is 2.27 bits per heavy atom. The average Bonchev–Trinajstić information content (AvgIpc) is 2.45. The van der Waals surface area contributed by atoms with E-state index in [9.17, 15) is 5.11 Å². The summed E-state index contributed by atoms with van der Waals surface area (Å²) in [6.45, 7) is 2.76. The lowest BCUT2D eigenvalue weighted by atomic mass is 9.81. The van der Waals surface area contributed by atoms with E-state index in [0.717, 1.165) is 25.7 Å². The van der Waals surface area contributed by atoms with Crippen molar-refractivity contribution in [3.63, 3.8) is 0 Å². The molecule has 0 radical (unpaired) electrons. The summed E-state index contributed by atoms with van der Waals surface area (Å²) < 4.78 is 5.51. The predicted octanol–water partition coefficient (Wildman–Crippen LogP) is 2.81. The lowest BCUT2D eigenvalue weighted by Gasteiger charge is -2.37. The fourth-order valence-corrected chi connectivity index (χ4v) is 2.79. The number of allylic oxidation sites excluding steroid dienone is 1. The molecular formula is C13H22O2. The largest absolute Gasteiger partial charge is 0.385 e. The summed E-state index contributed by atoms with van der Waals surface area (Å²) in [5.41, 5.74) is 0.734. The minimum Gasteiger partial charge on any atom is -0.385 e. The molecule has 0 aromatic carbocycles. The monoisotopic (exact) mass is 210 g/mol. The summed E-state index contributed by atoms with van der Waals surface area (Å²) in [7, 11) is 0. The molecule has 1 aliphatic carbocycles. The molecule has 86 valence electrons. The molecule has 1 fully saturated rings. The van der Waals surface area contributed by atoms with Gasteiger partial charge in [0.05, 0.1) is 11.7 Å². The first-order valence-electron chi connectivity index (χ1n) is 6.24. The highest BCUT2D eigenvalue weighted by molar-refractivity contribution is 5.19. The maximum atomic E-state index is 10.6. The molecule has 2 nitrogen and oxygen atoms in total. The standard InChI is InChI=1S/C13H22O2/c1-11-10-13(14,8-9-15-11)12-6-4-2-3-5-7-12/h6,11,14H,2-5,7-10H2,1H3. The van der Waals surface area contributed by atoms with Gasteiger partial charge < -0.3 is 9.84 Å². The smallest absolute Gasteiger partial charge is 0.0903 e. The third-order valence-corrected chi connectivity index (χ3v) is 3.68. The van der Waals surface area contributed by atoms with Crippen LogP contribution in [0, 0.1) is 0 Å². The lowest BCUT2D eigenvalue weighted by Crippen LogP contribution is -2.41. The second-order valence-electron chi connectivity index (χ2n) is 5.00. The molecule has 1 aliphatic heterocycles. The summed E-state index contributed by atoms with van der Waals surface area (Å²) in [6, 6.07) is 0. The summed E-state index contributed by atoms with van der Waals surface area (Å²) in [5, 5.41) is 10.6. The SMILES string of the molecule is CC1CC(O)(C2=CCCCCC2)CCO1. The van der Waals surface area contributed by atoms with Crippen molar-refractivity contribution in [1.29, 1.82) is 0 Å². The zero-order valence-electron chi connectivity index (χ0n) is 9.67. The molecule has 0 amide bonds. The van der Waals surface area contributed by atoms with Crippen molar-refractivity contribution >= 4 is 0 Å². The van der Waals surface area contributed by atoms with Crippen LogP contribution in [0.5, 0.6) is 0 Å². The molecule has 2 atom stereocenters. The Morgan fingerprint density at radius 3 is 3.07 bits per heavy atom. The fourth-order valence-electron chi connectivity index (χ4n) is 2.79. The van der Waals surface area contributed by atoms with Crippen LogP contribution in [0.4, 0.5) is 0 Å². The zero-order chi connectivity index (χ0) is 10.7. The molecule has 0 spiro atoms. The van der Waals surface area contributed by atoms with Crippen LogP contribution in [-0.4, -0.2) is 23.4 Å². The Hall–Kier alpha value is -0.340. The number of hydrogen-bond acceptors (Lipinski definition) is 2. The van der Waals surface area contributed by atoms with Crippen LogP contribution in [0.1, 0.15) is 51.9 Å². The van der Waals surface area contributed by atoms with Gasteiger partial charge in [0.1, 0.15) is 0 Å². The van der Waals surface area contributed by atoms with Crippen molar-refractivity contribution in [3.8, 4) is 0 Å². The van der Waals surface area contributed by atoms with E-state index >= 15 is 0 Å². The third kappa shape index (κ3) is 2.61. The maximum Gasteiger partial charge on any atom is 0.0903 e. The number of hydrogen-bond donors (Lipinski definition) is 1. The summed E-state index contributed by atoms with van der Waals surface area (Å²) in [4.78, 5) is 0. The van der Waals surface area contributed by atoms with E-state index in [1.165, 1.54) is 24.8 Å². The van der Waals surface area contributed by atoms with E-state index in [1.54, 1.807) is 0 Å². The van der Waals surface area contributed by atoms with Crippen LogP contribution >= 0.6 is 0 Å². The minimum atomic E-state index is -0.554. The average molecular weight is 210 g/mol. The Kier molecular flexibility index (Phi) is 3.47. The van der Waals surface area contributed by atoms with Gasteiger partial charge in [-0.05, 0) is 38.2 Å². The highest BCUT2D eigenvalue weighted by Crippen LogP contribution is 2.35. The Labute approximate surface area is 92.3 Å². The molecule has 0 saturated carbocycles. The van der Waals surface area contributed by atoms with Gasteiger partial charge >= 0.3 is 0 Å². The quantitative estimate of drug-likeness (QED) is 0.674. The zero-order valence-corrected chi connectivity index (χ0v) is 9.67. The fraction of sp³-hybridized carbons (Fsp3) is 0.846. The van der Waals surface area contributed by atoms with E-state index < -0.39 is 5.60 Å². The van der Waals surface area contributed by atoms with Crippen molar-refractivity contribution in [2.24, 2.45) is 0 Å². The normalized spacial score (nSPS) is 38.3. The molecule has 0 aromatic rings. The molecule has 15 heavy (non-hydrogen) atoms. The summed E-state index contributed by atoms with van der Waals surface area (Å²) in [5.74, 6) is 0. The van der Waals surface area contributed by atoms with Gasteiger partial charge in [-0.2, -0.15) is 0 Å². The van der Waals surface area contributed by atoms with Crippen molar-refractivity contribution in [2.45, 2.75) is 63.6 Å². The van der Waals surface area contributed by atoms with Gasteiger partial charge in [-0.3, -0.25) is 0 Å². The van der Waals surface area contributed by atoms with Gasteiger partial charge in [-0.15, -0.1) is 0 Å². The Bertz CT molecular complexity index is 247. The summed E-state index contributed by atoms with van der Waals surface area (Å²) in [6.07, 6.45) is 10.1. The molecule has 2 unspecified atom stereocenters. The first-order valence-corrected chi connectivity index (χ1v) is 6.24. The van der Waals surface area contributed by atoms with Gasteiger partial charge in [0.25, 0.3) is 0 Å². The molecule has 2 rings (SSSR count). The van der Waals surface area contributed by atoms with Crippen molar-refractivity contribution < 1.29 is 9.84 Å². The Morgan fingerprint density at radius 1 is 1.40 bits per heavy atom. The van der Waals surface area contributed by atoms with Crippen molar-refractivity contribution in [1.82, 2.24) is 0 Å².